The van der Waals surface area contributed by atoms with Gasteiger partial charge in [0.1, 0.15) is 6.54 Å². The second kappa shape index (κ2) is 6.70. The average molecular weight is 341 g/mol. The third kappa shape index (κ3) is 3.31. The van der Waals surface area contributed by atoms with E-state index in [4.69, 9.17) is 11.6 Å². The molecule has 0 aliphatic rings. The summed E-state index contributed by atoms with van der Waals surface area (Å²) in [5, 5.41) is 4.83. The van der Waals surface area contributed by atoms with Gasteiger partial charge < -0.3 is 9.88 Å². The number of halogens is 1. The lowest BCUT2D eigenvalue weighted by atomic mass is 9.98. The van der Waals surface area contributed by atoms with Crippen molar-refractivity contribution in [3.05, 3.63) is 64.8 Å². The van der Waals surface area contributed by atoms with Crippen molar-refractivity contribution in [2.75, 3.05) is 5.32 Å². The molecule has 1 N–H and O–H groups in total. The minimum absolute atomic E-state index is 0.0290. The molecule has 0 atom stereocenters. The maximum absolute atomic E-state index is 12.6. The minimum atomic E-state index is -0.0290. The van der Waals surface area contributed by atoms with Crippen LogP contribution in [-0.2, 0) is 11.3 Å². The summed E-state index contributed by atoms with van der Waals surface area (Å²) >= 11 is 6.02. The first kappa shape index (κ1) is 16.6. The van der Waals surface area contributed by atoms with Gasteiger partial charge in [-0.1, -0.05) is 43.6 Å². The molecule has 0 spiro atoms. The molecule has 1 amide bonds. The van der Waals surface area contributed by atoms with Crippen LogP contribution in [0.25, 0.3) is 10.9 Å². The van der Waals surface area contributed by atoms with E-state index < -0.39 is 0 Å². The minimum Gasteiger partial charge on any atom is -0.338 e. The topological polar surface area (TPSA) is 34.0 Å². The van der Waals surface area contributed by atoms with Crippen molar-refractivity contribution in [2.45, 2.75) is 33.2 Å². The first-order valence-corrected chi connectivity index (χ1v) is 8.47. The zero-order valence-electron chi connectivity index (χ0n) is 14.1. The Hall–Kier alpha value is -2.26. The quantitative estimate of drug-likeness (QED) is 0.681. The van der Waals surface area contributed by atoms with E-state index in [-0.39, 0.29) is 12.5 Å². The molecule has 0 saturated heterocycles. The predicted octanol–water partition coefficient (Wildman–Crippen LogP) is 5.37. The molecule has 1 aromatic heterocycles. The maximum atomic E-state index is 12.6. The number of amides is 1. The lowest BCUT2D eigenvalue weighted by Gasteiger charge is -2.16. The smallest absolute Gasteiger partial charge is 0.244 e. The predicted molar refractivity (Wildman–Crippen MR) is 101 cm³/mol. The molecule has 3 rings (SSSR count). The number of rotatable bonds is 4. The number of carbonyl (C=O) groups is 1. The van der Waals surface area contributed by atoms with Gasteiger partial charge in [0.2, 0.25) is 5.91 Å². The molecule has 3 nitrogen and oxygen atoms in total. The number of para-hydroxylation sites is 1. The standard InChI is InChI=1S/C20H21ClN2O/c1-13(2)17-6-4-5-14(3)20(17)22-19(24)12-23-10-9-15-11-16(21)7-8-18(15)23/h4-11,13H,12H2,1-3H3,(H,22,24). The van der Waals surface area contributed by atoms with E-state index in [1.165, 1.54) is 0 Å². The van der Waals surface area contributed by atoms with Crippen molar-refractivity contribution < 1.29 is 4.79 Å². The van der Waals surface area contributed by atoms with Gasteiger partial charge in [0.05, 0.1) is 0 Å². The second-order valence-corrected chi connectivity index (χ2v) is 6.83. The number of nitrogens with zero attached hydrogens (tertiary/aromatic N) is 1. The largest absolute Gasteiger partial charge is 0.338 e. The van der Waals surface area contributed by atoms with E-state index in [2.05, 4.69) is 25.2 Å². The zero-order chi connectivity index (χ0) is 17.3. The molecule has 1 heterocycles. The van der Waals surface area contributed by atoms with Gasteiger partial charge in [-0.25, -0.2) is 0 Å². The fraction of sp³-hybridized carbons (Fsp3) is 0.250. The molecule has 3 aromatic rings. The van der Waals surface area contributed by atoms with Crippen LogP contribution < -0.4 is 5.32 Å². The fourth-order valence-electron chi connectivity index (χ4n) is 2.98. The lowest BCUT2D eigenvalue weighted by molar-refractivity contribution is -0.116. The number of hydrogen-bond acceptors (Lipinski definition) is 1. The number of aryl methyl sites for hydroxylation is 1. The van der Waals surface area contributed by atoms with Crippen LogP contribution in [0.5, 0.6) is 0 Å². The Morgan fingerprint density at radius 1 is 1.21 bits per heavy atom. The molecule has 0 aliphatic carbocycles. The molecule has 0 radical (unpaired) electrons. The molecule has 24 heavy (non-hydrogen) atoms. The summed E-state index contributed by atoms with van der Waals surface area (Å²) in [6, 6.07) is 13.8. The number of hydrogen-bond donors (Lipinski definition) is 1. The highest BCUT2D eigenvalue weighted by Gasteiger charge is 2.13. The lowest BCUT2D eigenvalue weighted by Crippen LogP contribution is -2.20. The van der Waals surface area contributed by atoms with Crippen molar-refractivity contribution >= 4 is 34.1 Å². The van der Waals surface area contributed by atoms with E-state index in [1.807, 2.05) is 54.1 Å². The van der Waals surface area contributed by atoms with Gasteiger partial charge in [-0.3, -0.25) is 4.79 Å². The Bertz CT molecular complexity index is 896. The van der Waals surface area contributed by atoms with E-state index >= 15 is 0 Å². The summed E-state index contributed by atoms with van der Waals surface area (Å²) in [5.74, 6) is 0.327. The van der Waals surface area contributed by atoms with Crippen LogP contribution in [0.15, 0.2) is 48.7 Å². The highest BCUT2D eigenvalue weighted by molar-refractivity contribution is 6.31. The van der Waals surface area contributed by atoms with Crippen molar-refractivity contribution in [1.29, 1.82) is 0 Å². The van der Waals surface area contributed by atoms with Gasteiger partial charge in [-0.2, -0.15) is 0 Å². The van der Waals surface area contributed by atoms with E-state index in [9.17, 15) is 4.79 Å². The molecular formula is C20H21ClN2O. The molecule has 2 aromatic carbocycles. The van der Waals surface area contributed by atoms with Gasteiger partial charge in [0, 0.05) is 27.8 Å². The van der Waals surface area contributed by atoms with Crippen LogP contribution in [0.3, 0.4) is 0 Å². The molecule has 0 unspecified atom stereocenters. The summed E-state index contributed by atoms with van der Waals surface area (Å²) < 4.78 is 1.94. The van der Waals surface area contributed by atoms with Crippen LogP contribution >= 0.6 is 11.6 Å². The summed E-state index contributed by atoms with van der Waals surface area (Å²) in [5.41, 5.74) is 4.17. The number of benzene rings is 2. The Morgan fingerprint density at radius 3 is 2.75 bits per heavy atom. The summed E-state index contributed by atoms with van der Waals surface area (Å²) in [4.78, 5) is 12.6. The number of fused-ring (bicyclic) bond motifs is 1. The molecule has 4 heteroatoms. The zero-order valence-corrected chi connectivity index (χ0v) is 14.9. The van der Waals surface area contributed by atoms with Crippen molar-refractivity contribution in [2.24, 2.45) is 0 Å². The fourth-order valence-corrected chi connectivity index (χ4v) is 3.17. The molecule has 0 fully saturated rings. The maximum Gasteiger partial charge on any atom is 0.244 e. The number of nitrogens with one attached hydrogen (secondary N) is 1. The molecule has 0 saturated carbocycles. The summed E-state index contributed by atoms with van der Waals surface area (Å²) in [6.07, 6.45) is 1.92. The highest BCUT2D eigenvalue weighted by Crippen LogP contribution is 2.27. The van der Waals surface area contributed by atoms with Crippen LogP contribution in [0.4, 0.5) is 5.69 Å². The van der Waals surface area contributed by atoms with Gasteiger partial charge >= 0.3 is 0 Å². The molecular weight excluding hydrogens is 320 g/mol. The van der Waals surface area contributed by atoms with Crippen LogP contribution in [-0.4, -0.2) is 10.5 Å². The van der Waals surface area contributed by atoms with Crippen molar-refractivity contribution in [1.82, 2.24) is 4.57 Å². The first-order valence-electron chi connectivity index (χ1n) is 8.09. The molecule has 124 valence electrons. The van der Waals surface area contributed by atoms with Crippen LogP contribution in [0, 0.1) is 6.92 Å². The third-order valence-corrected chi connectivity index (χ3v) is 4.47. The normalized spacial score (nSPS) is 11.2. The SMILES string of the molecule is Cc1cccc(C(C)C)c1NC(=O)Cn1ccc2cc(Cl)ccc21. The summed E-state index contributed by atoms with van der Waals surface area (Å²) in [7, 11) is 0. The van der Waals surface area contributed by atoms with Crippen molar-refractivity contribution in [3.63, 3.8) is 0 Å². The Balaban J connectivity index is 1.83. The number of anilines is 1. The van der Waals surface area contributed by atoms with Crippen LogP contribution in [0.2, 0.25) is 5.02 Å². The number of carbonyl (C=O) groups excluding carboxylic acids is 1. The first-order chi connectivity index (χ1) is 11.5. The molecule has 0 bridgehead atoms. The Morgan fingerprint density at radius 2 is 2.00 bits per heavy atom. The van der Waals surface area contributed by atoms with Crippen molar-refractivity contribution in [3.8, 4) is 0 Å². The Kier molecular flexibility index (Phi) is 4.63. The summed E-state index contributed by atoms with van der Waals surface area (Å²) in [6.45, 7) is 6.56. The van der Waals surface area contributed by atoms with Gasteiger partial charge in [0.25, 0.3) is 0 Å². The number of aromatic nitrogens is 1. The van der Waals surface area contributed by atoms with E-state index in [0.29, 0.717) is 10.9 Å². The van der Waals surface area contributed by atoms with Gasteiger partial charge in [-0.15, -0.1) is 0 Å². The highest BCUT2D eigenvalue weighted by atomic mass is 35.5. The monoisotopic (exact) mass is 340 g/mol. The average Bonchev–Trinajstić information content (AvgIpc) is 2.91. The Labute approximate surface area is 147 Å². The van der Waals surface area contributed by atoms with Gasteiger partial charge in [0.15, 0.2) is 0 Å². The van der Waals surface area contributed by atoms with E-state index in [1.54, 1.807) is 0 Å². The van der Waals surface area contributed by atoms with E-state index in [0.717, 1.165) is 27.7 Å². The molecule has 0 aliphatic heterocycles. The third-order valence-electron chi connectivity index (χ3n) is 4.24. The van der Waals surface area contributed by atoms with Gasteiger partial charge in [-0.05, 0) is 48.2 Å². The van der Waals surface area contributed by atoms with Crippen LogP contribution in [0.1, 0.15) is 30.9 Å². The second-order valence-electron chi connectivity index (χ2n) is 6.39.